The Morgan fingerprint density at radius 2 is 2.09 bits per heavy atom. The molecule has 3 aliphatic rings. The Hall–Kier alpha value is -3.53. The summed E-state index contributed by atoms with van der Waals surface area (Å²) < 4.78 is 5.43. The summed E-state index contributed by atoms with van der Waals surface area (Å²) in [5, 5.41) is 17.2. The Labute approximate surface area is 183 Å². The van der Waals surface area contributed by atoms with Gasteiger partial charge in [0.1, 0.15) is 11.7 Å². The quantitative estimate of drug-likeness (QED) is 0.674. The van der Waals surface area contributed by atoms with Crippen LogP contribution in [0.15, 0.2) is 40.1 Å². The minimum Gasteiger partial charge on any atom is -0.369 e. The molecular formula is C22H23N5O5. The van der Waals surface area contributed by atoms with Crippen LogP contribution < -0.4 is 5.32 Å². The van der Waals surface area contributed by atoms with E-state index in [1.165, 1.54) is 4.90 Å². The number of nitrogens with zero attached hydrogens (tertiary/aromatic N) is 4. The number of amides is 3. The molecule has 2 aromatic rings. The van der Waals surface area contributed by atoms with Crippen LogP contribution in [0, 0.1) is 6.92 Å². The van der Waals surface area contributed by atoms with Crippen molar-refractivity contribution in [1.29, 1.82) is 0 Å². The fourth-order valence-electron chi connectivity index (χ4n) is 4.62. The molecule has 1 saturated heterocycles. The summed E-state index contributed by atoms with van der Waals surface area (Å²) in [6, 6.07) is 6.89. The molecule has 10 nitrogen and oxygen atoms in total. The first-order valence-electron chi connectivity index (χ1n) is 10.6. The number of nitrogens with one attached hydrogen (secondary N) is 1. The summed E-state index contributed by atoms with van der Waals surface area (Å²) >= 11 is 0. The first kappa shape index (κ1) is 20.4. The lowest BCUT2D eigenvalue weighted by Gasteiger charge is -2.32. The molecule has 5 rings (SSSR count). The number of hydrogen-bond acceptors (Lipinski definition) is 8. The molecule has 4 heterocycles. The van der Waals surface area contributed by atoms with Gasteiger partial charge in [-0.15, -0.1) is 0 Å². The molecule has 2 unspecified atom stereocenters. The fraction of sp³-hybridized carbons (Fsp3) is 0.409. The van der Waals surface area contributed by atoms with Crippen LogP contribution in [0.4, 0.5) is 0 Å². The summed E-state index contributed by atoms with van der Waals surface area (Å²) in [7, 11) is 0. The third-order valence-corrected chi connectivity index (χ3v) is 6.12. The average Bonchev–Trinajstić information content (AvgIpc) is 3.32. The number of rotatable bonds is 4. The van der Waals surface area contributed by atoms with Gasteiger partial charge in [0.2, 0.25) is 23.5 Å². The van der Waals surface area contributed by atoms with Gasteiger partial charge in [-0.1, -0.05) is 28.9 Å². The van der Waals surface area contributed by atoms with E-state index < -0.39 is 24.1 Å². The summed E-state index contributed by atoms with van der Waals surface area (Å²) in [6.07, 6.45) is 0.434. The highest BCUT2D eigenvalue weighted by Crippen LogP contribution is 2.37. The number of aliphatic hydroxyl groups is 1. The van der Waals surface area contributed by atoms with Gasteiger partial charge < -0.3 is 14.5 Å². The van der Waals surface area contributed by atoms with Gasteiger partial charge >= 0.3 is 0 Å². The second-order valence-electron chi connectivity index (χ2n) is 8.33. The van der Waals surface area contributed by atoms with Crippen molar-refractivity contribution in [1.82, 2.24) is 25.3 Å². The molecule has 1 aromatic heterocycles. The van der Waals surface area contributed by atoms with Crippen molar-refractivity contribution in [2.45, 2.75) is 51.4 Å². The molecule has 0 saturated carbocycles. The number of benzene rings is 1. The molecule has 0 bridgehead atoms. The van der Waals surface area contributed by atoms with Crippen LogP contribution >= 0.6 is 0 Å². The van der Waals surface area contributed by atoms with Crippen LogP contribution in [0.5, 0.6) is 0 Å². The second kappa shape index (κ2) is 7.86. The second-order valence-corrected chi connectivity index (χ2v) is 8.33. The van der Waals surface area contributed by atoms with E-state index in [2.05, 4.69) is 15.5 Å². The van der Waals surface area contributed by atoms with Gasteiger partial charge in [-0.25, -0.2) is 0 Å². The molecule has 32 heavy (non-hydrogen) atoms. The van der Waals surface area contributed by atoms with Crippen molar-refractivity contribution in [3.63, 3.8) is 0 Å². The van der Waals surface area contributed by atoms with Crippen molar-refractivity contribution in [2.24, 2.45) is 0 Å². The lowest BCUT2D eigenvalue weighted by atomic mass is 10.0. The zero-order chi connectivity index (χ0) is 22.4. The van der Waals surface area contributed by atoms with E-state index in [0.29, 0.717) is 36.0 Å². The maximum atomic E-state index is 13.3. The molecular weight excluding hydrogens is 414 g/mol. The maximum absolute atomic E-state index is 13.3. The van der Waals surface area contributed by atoms with Crippen molar-refractivity contribution in [2.75, 3.05) is 6.54 Å². The molecule has 1 fully saturated rings. The van der Waals surface area contributed by atoms with E-state index in [0.717, 1.165) is 17.5 Å². The maximum Gasteiger partial charge on any atom is 0.273 e. The molecule has 2 atom stereocenters. The zero-order valence-corrected chi connectivity index (χ0v) is 17.6. The minimum absolute atomic E-state index is 0.130. The molecule has 166 valence electrons. The molecule has 3 amide bonds. The number of aromatic nitrogens is 2. The van der Waals surface area contributed by atoms with Gasteiger partial charge in [0.15, 0.2) is 6.23 Å². The summed E-state index contributed by atoms with van der Waals surface area (Å²) in [5.41, 5.74) is 2.89. The summed E-state index contributed by atoms with van der Waals surface area (Å²) in [6.45, 7) is 2.79. The van der Waals surface area contributed by atoms with Gasteiger partial charge in [0.05, 0.1) is 6.54 Å². The van der Waals surface area contributed by atoms with E-state index in [1.807, 2.05) is 36.1 Å². The number of aliphatic hydroxyl groups excluding tert-OH is 1. The van der Waals surface area contributed by atoms with E-state index >= 15 is 0 Å². The molecule has 0 spiro atoms. The third-order valence-electron chi connectivity index (χ3n) is 6.12. The average molecular weight is 437 g/mol. The summed E-state index contributed by atoms with van der Waals surface area (Å²) in [5.74, 6) is -0.512. The molecule has 0 aliphatic carbocycles. The summed E-state index contributed by atoms with van der Waals surface area (Å²) in [4.78, 5) is 44.6. The highest BCUT2D eigenvalue weighted by molar-refractivity contribution is 6.05. The largest absolute Gasteiger partial charge is 0.369 e. The number of imide groups is 1. The highest BCUT2D eigenvalue weighted by atomic mass is 16.5. The number of carbonyl (C=O) groups is 3. The highest BCUT2D eigenvalue weighted by Gasteiger charge is 2.48. The minimum atomic E-state index is -1.19. The Bertz CT molecular complexity index is 1140. The van der Waals surface area contributed by atoms with Gasteiger partial charge in [-0.05, 0) is 32.3 Å². The number of carbonyl (C=O) groups excluding carboxylic acids is 3. The predicted molar refractivity (Wildman–Crippen MR) is 110 cm³/mol. The van der Waals surface area contributed by atoms with Crippen LogP contribution in [0.1, 0.15) is 37.1 Å². The van der Waals surface area contributed by atoms with Gasteiger partial charge in [0, 0.05) is 24.1 Å². The molecule has 10 heteroatoms. The normalized spacial score (nSPS) is 23.6. The van der Waals surface area contributed by atoms with Crippen molar-refractivity contribution >= 4 is 17.7 Å². The Morgan fingerprint density at radius 3 is 2.88 bits per heavy atom. The number of piperidine rings is 1. The number of aryl methyl sites for hydroxylation is 1. The van der Waals surface area contributed by atoms with Crippen molar-refractivity contribution < 1.29 is 24.0 Å². The lowest BCUT2D eigenvalue weighted by Crippen LogP contribution is -2.56. The molecule has 2 N–H and O–H groups in total. The zero-order valence-electron chi connectivity index (χ0n) is 17.6. The molecule has 0 radical (unpaired) electrons. The Morgan fingerprint density at radius 1 is 1.25 bits per heavy atom. The van der Waals surface area contributed by atoms with Crippen LogP contribution in [0.3, 0.4) is 0 Å². The van der Waals surface area contributed by atoms with Crippen LogP contribution in [-0.4, -0.2) is 61.6 Å². The van der Waals surface area contributed by atoms with E-state index in [4.69, 9.17) is 4.52 Å². The third kappa shape index (κ3) is 3.46. The Kier molecular flexibility index (Phi) is 5.01. The van der Waals surface area contributed by atoms with Gasteiger partial charge in [-0.2, -0.15) is 4.98 Å². The monoisotopic (exact) mass is 437 g/mol. The fourth-order valence-corrected chi connectivity index (χ4v) is 4.62. The van der Waals surface area contributed by atoms with E-state index in [-0.39, 0.29) is 25.3 Å². The standard InChI is InChI=1S/C22H23N5O5/c1-12-4-2-5-13(10-12)19-24-17(32-25-19)11-26-9-3-6-14-18(26)22(31)27(21(14)30)15-7-8-16(28)23-20(15)29/h2,4-5,10,15,21,30H,3,6-9,11H2,1H3,(H,23,28,29). The number of hydrogen-bond donors (Lipinski definition) is 2. The first-order valence-corrected chi connectivity index (χ1v) is 10.6. The molecule has 3 aliphatic heterocycles. The van der Waals surface area contributed by atoms with Crippen LogP contribution in [-0.2, 0) is 20.9 Å². The van der Waals surface area contributed by atoms with Crippen LogP contribution in [0.25, 0.3) is 11.4 Å². The van der Waals surface area contributed by atoms with Crippen LogP contribution in [0.2, 0.25) is 0 Å². The van der Waals surface area contributed by atoms with E-state index in [1.54, 1.807) is 0 Å². The lowest BCUT2D eigenvalue weighted by molar-refractivity contribution is -0.149. The van der Waals surface area contributed by atoms with Crippen molar-refractivity contribution in [3.8, 4) is 11.4 Å². The Balaban J connectivity index is 1.37. The topological polar surface area (TPSA) is 129 Å². The molecule has 1 aromatic carbocycles. The smallest absolute Gasteiger partial charge is 0.273 e. The predicted octanol–water partition coefficient (Wildman–Crippen LogP) is 0.861. The van der Waals surface area contributed by atoms with Crippen molar-refractivity contribution in [3.05, 3.63) is 47.0 Å². The van der Waals surface area contributed by atoms with E-state index in [9.17, 15) is 19.5 Å². The SMILES string of the molecule is Cc1cccc(-c2noc(CN3CCCC4=C3C(=O)N(C3CCC(=O)NC3=O)C4O)n2)c1. The van der Waals surface area contributed by atoms with Gasteiger partial charge in [0.25, 0.3) is 5.91 Å². The first-order chi connectivity index (χ1) is 15.4. The van der Waals surface area contributed by atoms with Gasteiger partial charge in [-0.3, -0.25) is 24.6 Å².